The van der Waals surface area contributed by atoms with Crippen LogP contribution in [0.25, 0.3) is 0 Å². The van der Waals surface area contributed by atoms with Crippen molar-refractivity contribution >= 4 is 23.9 Å². The fourth-order valence-corrected chi connectivity index (χ4v) is 3.39. The van der Waals surface area contributed by atoms with E-state index in [0.29, 0.717) is 12.8 Å². The van der Waals surface area contributed by atoms with Gasteiger partial charge in [-0.2, -0.15) is 0 Å². The van der Waals surface area contributed by atoms with E-state index in [1.54, 1.807) is 0 Å². The van der Waals surface area contributed by atoms with E-state index >= 15 is 0 Å². The average Bonchev–Trinajstić information content (AvgIpc) is 2.85. The normalized spacial score (nSPS) is 16.9. The lowest BCUT2D eigenvalue weighted by Crippen LogP contribution is -2.37. The molecule has 0 bridgehead atoms. The lowest BCUT2D eigenvalue weighted by molar-refractivity contribution is -0.698. The Labute approximate surface area is 221 Å². The van der Waals surface area contributed by atoms with Crippen LogP contribution in [0.15, 0.2) is 12.4 Å². The molecule has 1 heterocycles. The van der Waals surface area contributed by atoms with Crippen molar-refractivity contribution in [1.82, 2.24) is 0 Å². The zero-order valence-electron chi connectivity index (χ0n) is 24.5. The van der Waals surface area contributed by atoms with E-state index in [2.05, 4.69) is 0 Å². The third kappa shape index (κ3) is 11.6. The number of rotatable bonds is 19. The van der Waals surface area contributed by atoms with Gasteiger partial charge in [0, 0.05) is 23.0 Å². The van der Waals surface area contributed by atoms with Gasteiger partial charge in [-0.1, -0.05) is 0 Å². The molecule has 0 saturated heterocycles. The van der Waals surface area contributed by atoms with Crippen molar-refractivity contribution < 1.29 is 49.7 Å². The van der Waals surface area contributed by atoms with Crippen LogP contribution in [0.1, 0.15) is 67.1 Å². The maximum Gasteiger partial charge on any atom is 0.320 e. The lowest BCUT2D eigenvalue weighted by atomic mass is 9.91. The van der Waals surface area contributed by atoms with Crippen LogP contribution >= 0.6 is 0 Å². The Kier molecular flexibility index (Phi) is 10.9. The first-order valence-corrected chi connectivity index (χ1v) is 11.8. The van der Waals surface area contributed by atoms with Crippen molar-refractivity contribution in [2.24, 2.45) is 22.9 Å². The summed E-state index contributed by atoms with van der Waals surface area (Å²) < 4.78 is 36.3. The predicted molar refractivity (Wildman–Crippen MR) is 133 cm³/mol. The SMILES string of the molecule is [2H]C([2H])(C[C@H](N)C(=O)O)c1c[n+](CCCC[C@H](N)C(=O)O)cc(C([2H])([2H])C[C@H](N)C(=O)O)c1CCC[C@H](N)C(=O)O. The largest absolute Gasteiger partial charge is 0.480 e. The van der Waals surface area contributed by atoms with E-state index in [0.717, 1.165) is 0 Å². The molecule has 0 radical (unpaired) electrons. The summed E-state index contributed by atoms with van der Waals surface area (Å²) in [5.74, 6) is -5.33. The molecule has 208 valence electrons. The van der Waals surface area contributed by atoms with Gasteiger partial charge in [0.2, 0.25) is 0 Å². The van der Waals surface area contributed by atoms with Crippen LogP contribution in [0.3, 0.4) is 0 Å². The number of aromatic nitrogens is 1. The highest BCUT2D eigenvalue weighted by Crippen LogP contribution is 2.21. The summed E-state index contributed by atoms with van der Waals surface area (Å²) >= 11 is 0. The van der Waals surface area contributed by atoms with E-state index < -0.39 is 73.6 Å². The molecular formula is C24H40N5O8+. The van der Waals surface area contributed by atoms with Gasteiger partial charge in [0.1, 0.15) is 30.7 Å². The first-order valence-electron chi connectivity index (χ1n) is 13.8. The molecule has 0 spiro atoms. The number of unbranched alkanes of at least 4 members (excludes halogenated alkanes) is 1. The van der Waals surface area contributed by atoms with E-state index in [1.165, 1.54) is 17.0 Å². The third-order valence-corrected chi connectivity index (χ3v) is 5.66. The summed E-state index contributed by atoms with van der Waals surface area (Å²) in [6, 6.07) is -5.53. The molecule has 0 aliphatic rings. The molecule has 13 heteroatoms. The van der Waals surface area contributed by atoms with Gasteiger partial charge in [-0.25, -0.2) is 4.57 Å². The molecule has 0 amide bonds. The van der Waals surface area contributed by atoms with Crippen LogP contribution in [-0.2, 0) is 44.9 Å². The van der Waals surface area contributed by atoms with Gasteiger partial charge >= 0.3 is 23.9 Å². The van der Waals surface area contributed by atoms with Crippen LogP contribution in [0.5, 0.6) is 0 Å². The minimum Gasteiger partial charge on any atom is -0.480 e. The molecule has 1 rings (SSSR count). The molecule has 0 aromatic carbocycles. The zero-order valence-corrected chi connectivity index (χ0v) is 20.5. The van der Waals surface area contributed by atoms with E-state index in [-0.39, 0.29) is 48.9 Å². The van der Waals surface area contributed by atoms with Crippen molar-refractivity contribution in [3.63, 3.8) is 0 Å². The van der Waals surface area contributed by atoms with Crippen molar-refractivity contribution in [2.75, 3.05) is 0 Å². The first kappa shape index (κ1) is 25.5. The number of carboxylic acids is 4. The summed E-state index contributed by atoms with van der Waals surface area (Å²) in [4.78, 5) is 45.0. The van der Waals surface area contributed by atoms with E-state index in [9.17, 15) is 29.4 Å². The van der Waals surface area contributed by atoms with Crippen molar-refractivity contribution in [1.29, 1.82) is 0 Å². The summed E-state index contributed by atoms with van der Waals surface area (Å²) in [5.41, 5.74) is 22.3. The van der Waals surface area contributed by atoms with Crippen molar-refractivity contribution in [3.05, 3.63) is 29.1 Å². The minimum absolute atomic E-state index is 0.0395. The number of aryl methyl sites for hydroxylation is 3. The number of nitrogens with two attached hydrogens (primary N) is 4. The average molecular weight is 531 g/mol. The zero-order chi connectivity index (χ0) is 31.7. The monoisotopic (exact) mass is 530 g/mol. The number of carboxylic acid groups (broad SMARTS) is 4. The Morgan fingerprint density at radius 2 is 1.05 bits per heavy atom. The smallest absolute Gasteiger partial charge is 0.320 e. The number of hydrogen-bond donors (Lipinski definition) is 8. The molecule has 0 aliphatic heterocycles. The highest BCUT2D eigenvalue weighted by atomic mass is 16.4. The van der Waals surface area contributed by atoms with Gasteiger partial charge < -0.3 is 43.4 Å². The maximum atomic E-state index is 11.4. The Morgan fingerprint density at radius 3 is 1.46 bits per heavy atom. The number of aliphatic carboxylic acids is 4. The molecule has 0 fully saturated rings. The first-order chi connectivity index (χ1) is 18.8. The van der Waals surface area contributed by atoms with Crippen LogP contribution in [0.2, 0.25) is 0 Å². The predicted octanol–water partition coefficient (Wildman–Crippen LogP) is -1.02. The van der Waals surface area contributed by atoms with E-state index in [4.69, 9.17) is 38.6 Å². The van der Waals surface area contributed by atoms with Gasteiger partial charge in [-0.15, -0.1) is 0 Å². The maximum absolute atomic E-state index is 11.4. The van der Waals surface area contributed by atoms with Gasteiger partial charge in [-0.05, 0) is 63.3 Å². The van der Waals surface area contributed by atoms with Gasteiger partial charge in [-0.3, -0.25) is 19.2 Å². The molecule has 13 nitrogen and oxygen atoms in total. The number of nitrogens with zero attached hydrogens (tertiary/aromatic N) is 1. The fraction of sp³-hybridized carbons (Fsp3) is 0.625. The quantitative estimate of drug-likeness (QED) is 0.0789. The number of carbonyl (C=O) groups is 4. The van der Waals surface area contributed by atoms with Gasteiger partial charge in [0.25, 0.3) is 0 Å². The molecule has 37 heavy (non-hydrogen) atoms. The second kappa shape index (κ2) is 15.9. The molecule has 1 aromatic rings. The lowest BCUT2D eigenvalue weighted by Gasteiger charge is -2.16. The van der Waals surface area contributed by atoms with Crippen LogP contribution in [-0.4, -0.2) is 68.5 Å². The molecule has 0 saturated carbocycles. The molecule has 0 aliphatic carbocycles. The van der Waals surface area contributed by atoms with Crippen molar-refractivity contribution in [2.45, 2.75) is 94.8 Å². The van der Waals surface area contributed by atoms with Crippen LogP contribution in [0.4, 0.5) is 0 Å². The summed E-state index contributed by atoms with van der Waals surface area (Å²) in [6.45, 7) is 0.165. The van der Waals surface area contributed by atoms with E-state index in [1.807, 2.05) is 0 Å². The molecule has 0 unspecified atom stereocenters. The van der Waals surface area contributed by atoms with Crippen molar-refractivity contribution in [3.8, 4) is 0 Å². The fourth-order valence-electron chi connectivity index (χ4n) is 3.39. The Morgan fingerprint density at radius 1 is 0.676 bits per heavy atom. The van der Waals surface area contributed by atoms with Crippen LogP contribution < -0.4 is 27.5 Å². The molecule has 4 atom stereocenters. The summed E-state index contributed by atoms with van der Waals surface area (Å²) in [6.07, 6.45) is -2.56. The molecule has 1 aromatic heterocycles. The highest BCUT2D eigenvalue weighted by molar-refractivity contribution is 5.74. The summed E-state index contributed by atoms with van der Waals surface area (Å²) in [5, 5.41) is 36.7. The minimum atomic E-state index is -2.41. The third-order valence-electron chi connectivity index (χ3n) is 5.66. The molecule has 12 N–H and O–H groups in total. The second-order valence-corrected chi connectivity index (χ2v) is 8.73. The molecular weight excluding hydrogens is 486 g/mol. The van der Waals surface area contributed by atoms with Gasteiger partial charge in [0.15, 0.2) is 12.4 Å². The van der Waals surface area contributed by atoms with Crippen LogP contribution in [0, 0.1) is 0 Å². The van der Waals surface area contributed by atoms with Gasteiger partial charge in [0.05, 0.1) is 0 Å². The topological polar surface area (TPSA) is 257 Å². The Balaban J connectivity index is 3.69. The Hall–Kier alpha value is -3.13. The highest BCUT2D eigenvalue weighted by Gasteiger charge is 2.22. The standard InChI is InChI=1S/C24H39N5O8/c25-17(21(30)31)5-1-2-11-29-12-14(7-9-19(27)23(34)35)16(4-3-6-18(26)22(32)33)15(13-29)8-10-20(28)24(36)37/h12-13,17-20H,1-11,25-28H2,(H3-,30,31,32,33,34,35,36,37)/p+1/t17-,18-,19-,20-/m0/s1/i7D2,8D2. The number of pyridine rings is 1. The second-order valence-electron chi connectivity index (χ2n) is 8.73. The summed E-state index contributed by atoms with van der Waals surface area (Å²) in [7, 11) is 0. The Bertz CT molecular complexity index is 1050. The number of hydrogen-bond acceptors (Lipinski definition) is 8.